The van der Waals surface area contributed by atoms with Crippen LogP contribution >= 0.6 is 0 Å². The summed E-state index contributed by atoms with van der Waals surface area (Å²) in [6.07, 6.45) is 4.59. The number of hydrogen-bond donors (Lipinski definition) is 1. The quantitative estimate of drug-likeness (QED) is 0.867. The predicted octanol–water partition coefficient (Wildman–Crippen LogP) is 3.13. The van der Waals surface area contributed by atoms with Gasteiger partial charge in [0.15, 0.2) is 0 Å². The zero-order valence-corrected chi connectivity index (χ0v) is 14.9. The van der Waals surface area contributed by atoms with Crippen LogP contribution in [0.25, 0.3) is 0 Å². The molecule has 0 unspecified atom stereocenters. The van der Waals surface area contributed by atoms with Crippen molar-refractivity contribution in [1.29, 1.82) is 0 Å². The SMILES string of the molecule is CCOC(=O)c1c(C)c(C(=O)N[C@H]2CCCC[C@@H]2C)c(C)n1C. The first-order valence-corrected chi connectivity index (χ1v) is 8.52. The van der Waals surface area contributed by atoms with E-state index in [4.69, 9.17) is 4.74 Å². The minimum absolute atomic E-state index is 0.0788. The van der Waals surface area contributed by atoms with Gasteiger partial charge in [0.25, 0.3) is 5.91 Å². The average Bonchev–Trinajstić information content (AvgIpc) is 2.72. The Morgan fingerprint density at radius 2 is 1.91 bits per heavy atom. The molecule has 1 saturated carbocycles. The Labute approximate surface area is 138 Å². The number of ether oxygens (including phenoxy) is 1. The molecule has 1 aromatic rings. The normalized spacial score (nSPS) is 21.1. The minimum atomic E-state index is -0.374. The van der Waals surface area contributed by atoms with Gasteiger partial charge in [0.1, 0.15) is 5.69 Å². The van der Waals surface area contributed by atoms with Crippen LogP contribution in [0.3, 0.4) is 0 Å². The summed E-state index contributed by atoms with van der Waals surface area (Å²) in [5, 5.41) is 3.17. The third kappa shape index (κ3) is 3.43. The number of aromatic nitrogens is 1. The Morgan fingerprint density at radius 1 is 1.26 bits per heavy atom. The molecule has 1 aliphatic rings. The summed E-state index contributed by atoms with van der Waals surface area (Å²) in [5.41, 5.74) is 2.57. The van der Waals surface area contributed by atoms with E-state index in [1.807, 2.05) is 13.8 Å². The van der Waals surface area contributed by atoms with Gasteiger partial charge >= 0.3 is 5.97 Å². The van der Waals surface area contributed by atoms with Crippen LogP contribution in [-0.4, -0.2) is 29.1 Å². The lowest BCUT2D eigenvalue weighted by Crippen LogP contribution is -2.41. The van der Waals surface area contributed by atoms with Gasteiger partial charge in [-0.1, -0.05) is 19.8 Å². The number of rotatable bonds is 4. The summed E-state index contributed by atoms with van der Waals surface area (Å²) in [5.74, 6) is 0.0483. The van der Waals surface area contributed by atoms with Crippen LogP contribution in [0.2, 0.25) is 0 Å². The molecule has 23 heavy (non-hydrogen) atoms. The fourth-order valence-corrected chi connectivity index (χ4v) is 3.57. The van der Waals surface area contributed by atoms with Gasteiger partial charge in [-0.15, -0.1) is 0 Å². The van der Waals surface area contributed by atoms with E-state index in [9.17, 15) is 9.59 Å². The molecular weight excluding hydrogens is 292 g/mol. The molecule has 0 aliphatic heterocycles. The molecule has 1 aromatic heterocycles. The standard InChI is InChI=1S/C18H28N2O3/c1-6-23-18(22)16-12(3)15(13(4)20(16)5)17(21)19-14-10-8-7-9-11(14)2/h11,14H,6-10H2,1-5H3,(H,19,21)/t11-,14-/m0/s1. The highest BCUT2D eigenvalue weighted by Gasteiger charge is 2.28. The summed E-state index contributed by atoms with van der Waals surface area (Å²) in [6, 6.07) is 0.223. The van der Waals surface area contributed by atoms with Crippen molar-refractivity contribution in [3.63, 3.8) is 0 Å². The first-order chi connectivity index (χ1) is 10.9. The molecule has 1 heterocycles. The summed E-state index contributed by atoms with van der Waals surface area (Å²) in [4.78, 5) is 24.9. The molecule has 0 spiro atoms. The summed E-state index contributed by atoms with van der Waals surface area (Å²) < 4.78 is 6.87. The molecule has 0 bridgehead atoms. The molecule has 1 N–H and O–H groups in total. The Hall–Kier alpha value is -1.78. The molecule has 1 aliphatic carbocycles. The van der Waals surface area contributed by atoms with E-state index in [0.29, 0.717) is 29.3 Å². The number of amides is 1. The van der Waals surface area contributed by atoms with E-state index in [-0.39, 0.29) is 17.9 Å². The maximum Gasteiger partial charge on any atom is 0.355 e. The van der Waals surface area contributed by atoms with Gasteiger partial charge < -0.3 is 14.6 Å². The lowest BCUT2D eigenvalue weighted by atomic mass is 9.86. The molecular formula is C18H28N2O3. The highest BCUT2D eigenvalue weighted by atomic mass is 16.5. The Balaban J connectivity index is 2.26. The predicted molar refractivity (Wildman–Crippen MR) is 89.7 cm³/mol. The number of carbonyl (C=O) groups is 2. The zero-order chi connectivity index (χ0) is 17.1. The Bertz CT molecular complexity index is 604. The van der Waals surface area contributed by atoms with Crippen molar-refractivity contribution >= 4 is 11.9 Å². The van der Waals surface area contributed by atoms with Crippen molar-refractivity contribution in [3.05, 3.63) is 22.5 Å². The van der Waals surface area contributed by atoms with Gasteiger partial charge in [-0.3, -0.25) is 4.79 Å². The van der Waals surface area contributed by atoms with Crippen LogP contribution in [0.4, 0.5) is 0 Å². The topological polar surface area (TPSA) is 60.3 Å². The minimum Gasteiger partial charge on any atom is -0.461 e. The van der Waals surface area contributed by atoms with Crippen molar-refractivity contribution in [1.82, 2.24) is 9.88 Å². The average molecular weight is 320 g/mol. The van der Waals surface area contributed by atoms with Gasteiger partial charge in [0, 0.05) is 18.8 Å². The van der Waals surface area contributed by atoms with Crippen LogP contribution in [0, 0.1) is 19.8 Å². The molecule has 0 radical (unpaired) electrons. The molecule has 5 heteroatoms. The number of esters is 1. The van der Waals surface area contributed by atoms with E-state index in [2.05, 4.69) is 12.2 Å². The highest BCUT2D eigenvalue weighted by Crippen LogP contribution is 2.26. The van der Waals surface area contributed by atoms with Gasteiger partial charge in [-0.2, -0.15) is 0 Å². The molecule has 128 valence electrons. The van der Waals surface area contributed by atoms with E-state index in [0.717, 1.165) is 25.0 Å². The Kier molecular flexibility index (Phi) is 5.50. The van der Waals surface area contributed by atoms with Crippen molar-refractivity contribution < 1.29 is 14.3 Å². The van der Waals surface area contributed by atoms with E-state index < -0.39 is 0 Å². The maximum atomic E-state index is 12.8. The second-order valence-corrected chi connectivity index (χ2v) is 6.56. The molecule has 0 saturated heterocycles. The van der Waals surface area contributed by atoms with Crippen LogP contribution in [-0.2, 0) is 11.8 Å². The van der Waals surface area contributed by atoms with Crippen LogP contribution in [0.1, 0.15) is 71.6 Å². The van der Waals surface area contributed by atoms with Gasteiger partial charge in [-0.25, -0.2) is 4.79 Å². The lowest BCUT2D eigenvalue weighted by Gasteiger charge is -2.29. The molecule has 2 rings (SSSR count). The van der Waals surface area contributed by atoms with Crippen molar-refractivity contribution in [2.24, 2.45) is 13.0 Å². The summed E-state index contributed by atoms with van der Waals surface area (Å²) in [6.45, 7) is 7.98. The molecule has 1 fully saturated rings. The van der Waals surface area contributed by atoms with E-state index in [1.165, 1.54) is 6.42 Å². The maximum absolute atomic E-state index is 12.8. The van der Waals surface area contributed by atoms with Gasteiger partial charge in [0.05, 0.1) is 12.2 Å². The second kappa shape index (κ2) is 7.20. The Morgan fingerprint density at radius 3 is 2.52 bits per heavy atom. The summed E-state index contributed by atoms with van der Waals surface area (Å²) in [7, 11) is 1.80. The van der Waals surface area contributed by atoms with Crippen molar-refractivity contribution in [2.45, 2.75) is 59.4 Å². The summed E-state index contributed by atoms with van der Waals surface area (Å²) >= 11 is 0. The first-order valence-electron chi connectivity index (χ1n) is 8.52. The van der Waals surface area contributed by atoms with Gasteiger partial charge in [0.2, 0.25) is 0 Å². The third-order valence-electron chi connectivity index (χ3n) is 5.05. The zero-order valence-electron chi connectivity index (χ0n) is 14.9. The fraction of sp³-hybridized carbons (Fsp3) is 0.667. The van der Waals surface area contributed by atoms with E-state index in [1.54, 1.807) is 18.5 Å². The number of hydrogen-bond acceptors (Lipinski definition) is 3. The smallest absolute Gasteiger partial charge is 0.355 e. The first kappa shape index (κ1) is 17.6. The molecule has 1 amide bonds. The number of nitrogens with one attached hydrogen (secondary N) is 1. The van der Waals surface area contributed by atoms with E-state index >= 15 is 0 Å². The highest BCUT2D eigenvalue weighted by molar-refractivity contribution is 6.01. The van der Waals surface area contributed by atoms with Crippen molar-refractivity contribution in [2.75, 3.05) is 6.61 Å². The van der Waals surface area contributed by atoms with Gasteiger partial charge in [-0.05, 0) is 45.1 Å². The second-order valence-electron chi connectivity index (χ2n) is 6.56. The fourth-order valence-electron chi connectivity index (χ4n) is 3.57. The van der Waals surface area contributed by atoms with Crippen molar-refractivity contribution in [3.8, 4) is 0 Å². The molecule has 2 atom stereocenters. The lowest BCUT2D eigenvalue weighted by molar-refractivity contribution is 0.0514. The molecule has 0 aromatic carbocycles. The number of carbonyl (C=O) groups excluding carboxylic acids is 2. The number of nitrogens with zero attached hydrogens (tertiary/aromatic N) is 1. The van der Waals surface area contributed by atoms with Crippen LogP contribution < -0.4 is 5.32 Å². The van der Waals surface area contributed by atoms with Crippen LogP contribution in [0.15, 0.2) is 0 Å². The van der Waals surface area contributed by atoms with Crippen LogP contribution in [0.5, 0.6) is 0 Å². The third-order valence-corrected chi connectivity index (χ3v) is 5.05. The monoisotopic (exact) mass is 320 g/mol. The molecule has 5 nitrogen and oxygen atoms in total. The largest absolute Gasteiger partial charge is 0.461 e.